The smallest absolute Gasteiger partial charge is 0.358 e. The second kappa shape index (κ2) is 5.92. The Bertz CT molecular complexity index is 883. The highest BCUT2D eigenvalue weighted by Crippen LogP contribution is 2.34. The highest BCUT2D eigenvalue weighted by atomic mass is 16.5. The summed E-state index contributed by atoms with van der Waals surface area (Å²) in [6, 6.07) is 6.16. The van der Waals surface area contributed by atoms with Crippen LogP contribution in [-0.4, -0.2) is 32.9 Å². The van der Waals surface area contributed by atoms with Crippen LogP contribution in [0.3, 0.4) is 0 Å². The summed E-state index contributed by atoms with van der Waals surface area (Å²) in [5.74, 6) is -0.0327. The third-order valence-electron chi connectivity index (χ3n) is 3.38. The van der Waals surface area contributed by atoms with Gasteiger partial charge in [-0.1, -0.05) is 0 Å². The highest BCUT2D eigenvalue weighted by Gasteiger charge is 2.29. The molecular weight excluding hydrogens is 310 g/mol. The Morgan fingerprint density at radius 1 is 1.33 bits per heavy atom. The standard InChI is InChI=1S/C17H17N3O4/c1-4-23-16(22)11-7-8-14(21)20(19-11)12-10-17(2,3)24-13-6-5-9-18-15(12)13/h5-10H,4H2,1-3H3. The van der Waals surface area contributed by atoms with Crippen molar-refractivity contribution in [2.45, 2.75) is 26.4 Å². The number of carbonyl (C=O) groups is 1. The lowest BCUT2D eigenvalue weighted by atomic mass is 10.0. The van der Waals surface area contributed by atoms with Gasteiger partial charge in [-0.15, -0.1) is 0 Å². The molecule has 3 rings (SSSR count). The Kier molecular flexibility index (Phi) is 3.92. The zero-order chi connectivity index (χ0) is 17.3. The maximum Gasteiger partial charge on any atom is 0.358 e. The van der Waals surface area contributed by atoms with Crippen LogP contribution >= 0.6 is 0 Å². The molecule has 1 aliphatic heterocycles. The van der Waals surface area contributed by atoms with Crippen molar-refractivity contribution >= 4 is 11.7 Å². The Morgan fingerprint density at radius 2 is 2.12 bits per heavy atom. The summed E-state index contributed by atoms with van der Waals surface area (Å²) in [5, 5.41) is 4.14. The summed E-state index contributed by atoms with van der Waals surface area (Å²) in [4.78, 5) is 28.5. The average Bonchev–Trinajstić information content (AvgIpc) is 2.54. The van der Waals surface area contributed by atoms with Crippen LogP contribution in [0.15, 0.2) is 41.3 Å². The third-order valence-corrected chi connectivity index (χ3v) is 3.38. The largest absolute Gasteiger partial charge is 0.481 e. The van der Waals surface area contributed by atoms with Crippen molar-refractivity contribution in [2.75, 3.05) is 6.61 Å². The van der Waals surface area contributed by atoms with Gasteiger partial charge < -0.3 is 9.47 Å². The van der Waals surface area contributed by atoms with E-state index in [0.717, 1.165) is 4.68 Å². The number of ether oxygens (including phenoxy) is 2. The summed E-state index contributed by atoms with van der Waals surface area (Å²) in [5.41, 5.74) is 0.0000373. The van der Waals surface area contributed by atoms with Crippen molar-refractivity contribution in [3.8, 4) is 5.75 Å². The molecule has 1 aliphatic rings. The minimum Gasteiger partial charge on any atom is -0.481 e. The number of rotatable bonds is 3. The predicted octanol–water partition coefficient (Wildman–Crippen LogP) is 1.88. The lowest BCUT2D eigenvalue weighted by molar-refractivity contribution is 0.0517. The van der Waals surface area contributed by atoms with Gasteiger partial charge in [-0.05, 0) is 45.0 Å². The maximum absolute atomic E-state index is 12.3. The van der Waals surface area contributed by atoms with Crippen LogP contribution in [0.2, 0.25) is 0 Å². The second-order valence-corrected chi connectivity index (χ2v) is 5.77. The average molecular weight is 327 g/mol. The Hall–Kier alpha value is -2.96. The molecule has 0 amide bonds. The van der Waals surface area contributed by atoms with Gasteiger partial charge in [0, 0.05) is 12.3 Å². The maximum atomic E-state index is 12.3. The van der Waals surface area contributed by atoms with Crippen LogP contribution in [0, 0.1) is 0 Å². The van der Waals surface area contributed by atoms with E-state index in [-0.39, 0.29) is 17.9 Å². The summed E-state index contributed by atoms with van der Waals surface area (Å²) in [6.07, 6.45) is 3.36. The molecule has 0 saturated carbocycles. The first-order chi connectivity index (χ1) is 11.4. The van der Waals surface area contributed by atoms with Gasteiger partial charge in [0.15, 0.2) is 5.69 Å². The fourth-order valence-electron chi connectivity index (χ4n) is 2.43. The molecule has 0 fully saturated rings. The van der Waals surface area contributed by atoms with Crippen molar-refractivity contribution in [2.24, 2.45) is 0 Å². The van der Waals surface area contributed by atoms with E-state index in [1.165, 1.54) is 12.1 Å². The molecule has 7 heteroatoms. The molecule has 0 radical (unpaired) electrons. The summed E-state index contributed by atoms with van der Waals surface area (Å²) < 4.78 is 12.0. The van der Waals surface area contributed by atoms with E-state index in [4.69, 9.17) is 9.47 Å². The molecule has 0 spiro atoms. The van der Waals surface area contributed by atoms with Crippen LogP contribution in [0.4, 0.5) is 0 Å². The minimum absolute atomic E-state index is 0.0547. The van der Waals surface area contributed by atoms with Gasteiger partial charge in [-0.2, -0.15) is 9.78 Å². The first-order valence-electron chi connectivity index (χ1n) is 7.56. The normalized spacial score (nSPS) is 15.0. The highest BCUT2D eigenvalue weighted by molar-refractivity contribution is 5.87. The van der Waals surface area contributed by atoms with Crippen LogP contribution in [0.5, 0.6) is 5.75 Å². The lowest BCUT2D eigenvalue weighted by Gasteiger charge is -2.30. The summed E-state index contributed by atoms with van der Waals surface area (Å²) >= 11 is 0. The van der Waals surface area contributed by atoms with Crippen LogP contribution in [0.25, 0.3) is 5.70 Å². The number of pyridine rings is 1. The molecule has 0 aromatic carbocycles. The molecule has 0 bridgehead atoms. The number of aromatic nitrogens is 3. The van der Waals surface area contributed by atoms with E-state index < -0.39 is 11.6 Å². The van der Waals surface area contributed by atoms with Crippen molar-refractivity contribution in [3.05, 3.63) is 58.3 Å². The molecule has 2 aromatic rings. The van der Waals surface area contributed by atoms with Crippen molar-refractivity contribution < 1.29 is 14.3 Å². The lowest BCUT2D eigenvalue weighted by Crippen LogP contribution is -2.34. The molecule has 2 aromatic heterocycles. The second-order valence-electron chi connectivity index (χ2n) is 5.77. The monoisotopic (exact) mass is 327 g/mol. The van der Waals surface area contributed by atoms with Crippen molar-refractivity contribution in [3.63, 3.8) is 0 Å². The van der Waals surface area contributed by atoms with Crippen LogP contribution in [-0.2, 0) is 4.74 Å². The number of esters is 1. The number of fused-ring (bicyclic) bond motifs is 1. The quantitative estimate of drug-likeness (QED) is 0.800. The Morgan fingerprint density at radius 3 is 2.88 bits per heavy atom. The van der Waals surface area contributed by atoms with Gasteiger partial charge in [-0.25, -0.2) is 4.79 Å². The molecule has 0 aliphatic carbocycles. The number of hydrogen-bond donors (Lipinski definition) is 0. The van der Waals surface area contributed by atoms with E-state index in [2.05, 4.69) is 10.1 Å². The first kappa shape index (κ1) is 15.9. The fourth-order valence-corrected chi connectivity index (χ4v) is 2.43. The topological polar surface area (TPSA) is 83.3 Å². The van der Waals surface area contributed by atoms with Gasteiger partial charge in [-0.3, -0.25) is 9.78 Å². The SMILES string of the molecule is CCOC(=O)c1ccc(=O)n(C2=CC(C)(C)Oc3cccnc32)n1. The first-order valence-corrected chi connectivity index (χ1v) is 7.56. The zero-order valence-corrected chi connectivity index (χ0v) is 13.6. The van der Waals surface area contributed by atoms with Gasteiger partial charge >= 0.3 is 5.97 Å². The van der Waals surface area contributed by atoms with Crippen LogP contribution < -0.4 is 10.3 Å². The van der Waals surface area contributed by atoms with E-state index in [9.17, 15) is 9.59 Å². The van der Waals surface area contributed by atoms with Gasteiger partial charge in [0.05, 0.1) is 12.3 Å². The Balaban J connectivity index is 2.17. The molecule has 3 heterocycles. The van der Waals surface area contributed by atoms with Crippen LogP contribution in [0.1, 0.15) is 37.0 Å². The van der Waals surface area contributed by atoms with E-state index >= 15 is 0 Å². The molecular formula is C17H17N3O4. The molecule has 24 heavy (non-hydrogen) atoms. The molecule has 0 saturated heterocycles. The fraction of sp³-hybridized carbons (Fsp3) is 0.294. The predicted molar refractivity (Wildman–Crippen MR) is 86.8 cm³/mol. The van der Waals surface area contributed by atoms with Crippen molar-refractivity contribution in [1.82, 2.24) is 14.8 Å². The van der Waals surface area contributed by atoms with E-state index in [1.54, 1.807) is 31.3 Å². The van der Waals surface area contributed by atoms with E-state index in [0.29, 0.717) is 17.1 Å². The molecule has 0 unspecified atom stereocenters. The Labute approximate surface area is 138 Å². The van der Waals surface area contributed by atoms with E-state index in [1.807, 2.05) is 13.8 Å². The third kappa shape index (κ3) is 2.92. The molecule has 7 nitrogen and oxygen atoms in total. The van der Waals surface area contributed by atoms with Gasteiger partial charge in [0.25, 0.3) is 5.56 Å². The number of carbonyl (C=O) groups excluding carboxylic acids is 1. The van der Waals surface area contributed by atoms with Crippen molar-refractivity contribution in [1.29, 1.82) is 0 Å². The molecule has 0 atom stereocenters. The molecule has 0 N–H and O–H groups in total. The molecule has 124 valence electrons. The van der Waals surface area contributed by atoms with Gasteiger partial charge in [0.2, 0.25) is 0 Å². The minimum atomic E-state index is -0.646. The summed E-state index contributed by atoms with van der Waals surface area (Å²) in [6.45, 7) is 5.66. The van der Waals surface area contributed by atoms with Gasteiger partial charge in [0.1, 0.15) is 17.0 Å². The number of nitrogens with zero attached hydrogens (tertiary/aromatic N) is 3. The zero-order valence-electron chi connectivity index (χ0n) is 13.6. The summed E-state index contributed by atoms with van der Waals surface area (Å²) in [7, 11) is 0. The number of hydrogen-bond acceptors (Lipinski definition) is 6.